The van der Waals surface area contributed by atoms with Crippen molar-refractivity contribution in [2.45, 2.75) is 18.9 Å². The molecule has 0 aromatic heterocycles. The monoisotopic (exact) mass is 271 g/mol. The van der Waals surface area contributed by atoms with Gasteiger partial charge in [-0.15, -0.1) is 0 Å². The Morgan fingerprint density at radius 1 is 1.05 bits per heavy atom. The average molecular weight is 271 g/mol. The molecule has 0 saturated heterocycles. The Morgan fingerprint density at radius 3 is 2.60 bits per heavy atom. The first-order chi connectivity index (χ1) is 9.79. The van der Waals surface area contributed by atoms with Gasteiger partial charge in [-0.25, -0.2) is 0 Å². The molecular formula is C17H21NO2. The summed E-state index contributed by atoms with van der Waals surface area (Å²) in [4.78, 5) is 0. The fourth-order valence-electron chi connectivity index (χ4n) is 2.07. The second-order valence-electron chi connectivity index (χ2n) is 4.75. The smallest absolute Gasteiger partial charge is 0.119 e. The van der Waals surface area contributed by atoms with Crippen LogP contribution in [0.5, 0.6) is 5.75 Å². The van der Waals surface area contributed by atoms with Gasteiger partial charge in [0.05, 0.1) is 12.7 Å². The van der Waals surface area contributed by atoms with Crippen molar-refractivity contribution in [1.29, 1.82) is 0 Å². The van der Waals surface area contributed by atoms with Gasteiger partial charge in [0.25, 0.3) is 0 Å². The number of hydrogen-bond acceptors (Lipinski definition) is 3. The Labute approximate surface area is 120 Å². The zero-order valence-electron chi connectivity index (χ0n) is 11.5. The summed E-state index contributed by atoms with van der Waals surface area (Å²) in [6.45, 7) is 1.10. The van der Waals surface area contributed by atoms with E-state index in [0.717, 1.165) is 17.7 Å². The van der Waals surface area contributed by atoms with Gasteiger partial charge in [0.1, 0.15) is 5.75 Å². The first-order valence-electron chi connectivity index (χ1n) is 6.94. The van der Waals surface area contributed by atoms with E-state index in [9.17, 15) is 5.11 Å². The van der Waals surface area contributed by atoms with E-state index >= 15 is 0 Å². The van der Waals surface area contributed by atoms with E-state index in [0.29, 0.717) is 19.6 Å². The molecule has 3 N–H and O–H groups in total. The summed E-state index contributed by atoms with van der Waals surface area (Å²) in [6, 6.07) is 17.8. The Bertz CT molecular complexity index is 513. The molecule has 0 fully saturated rings. The maximum absolute atomic E-state index is 9.91. The van der Waals surface area contributed by atoms with Gasteiger partial charge in [0.2, 0.25) is 0 Å². The van der Waals surface area contributed by atoms with E-state index in [1.807, 2.05) is 42.5 Å². The number of benzene rings is 2. The standard InChI is InChI=1S/C17H21NO2/c18-11-9-17(19)15-7-4-8-16(13-15)20-12-10-14-5-2-1-3-6-14/h1-8,13,17,19H,9-12,18H2. The highest BCUT2D eigenvalue weighted by Crippen LogP contribution is 2.21. The minimum atomic E-state index is -0.516. The highest BCUT2D eigenvalue weighted by Gasteiger charge is 2.07. The third kappa shape index (κ3) is 4.37. The minimum Gasteiger partial charge on any atom is -0.493 e. The molecule has 1 atom stereocenters. The Balaban J connectivity index is 1.88. The first kappa shape index (κ1) is 14.6. The van der Waals surface area contributed by atoms with Gasteiger partial charge < -0.3 is 15.6 Å². The van der Waals surface area contributed by atoms with Crippen molar-refractivity contribution in [3.63, 3.8) is 0 Å². The molecule has 0 spiro atoms. The number of rotatable bonds is 7. The van der Waals surface area contributed by atoms with Crippen molar-refractivity contribution in [3.8, 4) is 5.75 Å². The van der Waals surface area contributed by atoms with Crippen LogP contribution >= 0.6 is 0 Å². The Kier molecular flexibility index (Phi) is 5.59. The third-order valence-electron chi connectivity index (χ3n) is 3.19. The Morgan fingerprint density at radius 2 is 1.85 bits per heavy atom. The molecular weight excluding hydrogens is 250 g/mol. The average Bonchev–Trinajstić information content (AvgIpc) is 2.49. The lowest BCUT2D eigenvalue weighted by atomic mass is 10.1. The van der Waals surface area contributed by atoms with Gasteiger partial charge in [-0.2, -0.15) is 0 Å². The fraction of sp³-hybridized carbons (Fsp3) is 0.294. The van der Waals surface area contributed by atoms with Crippen LogP contribution in [0.15, 0.2) is 54.6 Å². The lowest BCUT2D eigenvalue weighted by Gasteiger charge is -2.12. The van der Waals surface area contributed by atoms with Crippen LogP contribution in [0.3, 0.4) is 0 Å². The summed E-state index contributed by atoms with van der Waals surface area (Å²) < 4.78 is 5.74. The molecule has 2 rings (SSSR count). The topological polar surface area (TPSA) is 55.5 Å². The zero-order valence-corrected chi connectivity index (χ0v) is 11.5. The molecule has 0 aliphatic rings. The van der Waals surface area contributed by atoms with E-state index in [1.165, 1.54) is 5.56 Å². The molecule has 1 unspecified atom stereocenters. The molecule has 0 bridgehead atoms. The maximum Gasteiger partial charge on any atom is 0.119 e. The molecule has 20 heavy (non-hydrogen) atoms. The summed E-state index contributed by atoms with van der Waals surface area (Å²) in [6.07, 6.45) is 0.918. The lowest BCUT2D eigenvalue weighted by Crippen LogP contribution is -2.07. The molecule has 0 aliphatic carbocycles. The van der Waals surface area contributed by atoms with E-state index in [4.69, 9.17) is 10.5 Å². The second kappa shape index (κ2) is 7.68. The van der Waals surface area contributed by atoms with Crippen molar-refractivity contribution in [2.24, 2.45) is 5.73 Å². The second-order valence-corrected chi connectivity index (χ2v) is 4.75. The molecule has 3 nitrogen and oxygen atoms in total. The number of hydrogen-bond donors (Lipinski definition) is 2. The van der Waals surface area contributed by atoms with E-state index in [2.05, 4.69) is 12.1 Å². The molecule has 0 aliphatic heterocycles. The normalized spacial score (nSPS) is 12.1. The number of aliphatic hydroxyl groups is 1. The van der Waals surface area contributed by atoms with Crippen LogP contribution in [-0.4, -0.2) is 18.3 Å². The minimum absolute atomic E-state index is 0.472. The van der Waals surface area contributed by atoms with Crippen molar-refractivity contribution in [3.05, 3.63) is 65.7 Å². The largest absolute Gasteiger partial charge is 0.493 e. The summed E-state index contributed by atoms with van der Waals surface area (Å²) in [5, 5.41) is 9.91. The highest BCUT2D eigenvalue weighted by atomic mass is 16.5. The first-order valence-corrected chi connectivity index (χ1v) is 6.94. The Hall–Kier alpha value is -1.84. The van der Waals surface area contributed by atoms with Crippen molar-refractivity contribution in [2.75, 3.05) is 13.2 Å². The van der Waals surface area contributed by atoms with Crippen LogP contribution in [0.1, 0.15) is 23.7 Å². The summed E-state index contributed by atoms with van der Waals surface area (Å²) in [5.41, 5.74) is 7.57. The molecule has 2 aromatic rings. The predicted molar refractivity (Wildman–Crippen MR) is 80.7 cm³/mol. The molecule has 2 aromatic carbocycles. The van der Waals surface area contributed by atoms with Gasteiger partial charge in [-0.1, -0.05) is 42.5 Å². The van der Waals surface area contributed by atoms with Crippen LogP contribution in [0.4, 0.5) is 0 Å². The summed E-state index contributed by atoms with van der Waals surface area (Å²) in [5.74, 6) is 0.787. The molecule has 3 heteroatoms. The third-order valence-corrected chi connectivity index (χ3v) is 3.19. The van der Waals surface area contributed by atoms with Gasteiger partial charge in [0, 0.05) is 6.42 Å². The molecule has 0 saturated carbocycles. The highest BCUT2D eigenvalue weighted by molar-refractivity contribution is 5.30. The lowest BCUT2D eigenvalue weighted by molar-refractivity contribution is 0.169. The number of aliphatic hydroxyl groups excluding tert-OH is 1. The molecule has 0 radical (unpaired) electrons. The van der Waals surface area contributed by atoms with Gasteiger partial charge >= 0.3 is 0 Å². The number of nitrogens with two attached hydrogens (primary N) is 1. The summed E-state index contributed by atoms with van der Waals surface area (Å²) in [7, 11) is 0. The van der Waals surface area contributed by atoms with Crippen LogP contribution in [0.2, 0.25) is 0 Å². The van der Waals surface area contributed by atoms with E-state index in [-0.39, 0.29) is 0 Å². The van der Waals surface area contributed by atoms with Gasteiger partial charge in [0.15, 0.2) is 0 Å². The fourth-order valence-corrected chi connectivity index (χ4v) is 2.07. The quantitative estimate of drug-likeness (QED) is 0.814. The zero-order chi connectivity index (χ0) is 14.2. The maximum atomic E-state index is 9.91. The summed E-state index contributed by atoms with van der Waals surface area (Å²) >= 11 is 0. The van der Waals surface area contributed by atoms with Gasteiger partial charge in [-0.3, -0.25) is 0 Å². The van der Waals surface area contributed by atoms with Gasteiger partial charge in [-0.05, 0) is 36.2 Å². The van der Waals surface area contributed by atoms with Crippen LogP contribution in [0.25, 0.3) is 0 Å². The predicted octanol–water partition coefficient (Wildman–Crippen LogP) is 2.69. The van der Waals surface area contributed by atoms with E-state index in [1.54, 1.807) is 0 Å². The van der Waals surface area contributed by atoms with Crippen LogP contribution in [-0.2, 0) is 6.42 Å². The molecule has 106 valence electrons. The molecule has 0 heterocycles. The SMILES string of the molecule is NCCC(O)c1cccc(OCCc2ccccc2)c1. The van der Waals surface area contributed by atoms with Crippen LogP contribution < -0.4 is 10.5 Å². The van der Waals surface area contributed by atoms with Crippen molar-refractivity contribution < 1.29 is 9.84 Å². The molecule has 0 amide bonds. The van der Waals surface area contributed by atoms with Crippen molar-refractivity contribution in [1.82, 2.24) is 0 Å². The van der Waals surface area contributed by atoms with Crippen LogP contribution in [0, 0.1) is 0 Å². The van der Waals surface area contributed by atoms with Crippen molar-refractivity contribution >= 4 is 0 Å². The van der Waals surface area contributed by atoms with E-state index < -0.39 is 6.10 Å². The number of ether oxygens (including phenoxy) is 1.